The van der Waals surface area contributed by atoms with E-state index in [4.69, 9.17) is 0 Å². The lowest BCUT2D eigenvalue weighted by molar-refractivity contribution is -0.115. The van der Waals surface area contributed by atoms with E-state index in [0.717, 1.165) is 29.8 Å². The molecule has 112 valence electrons. The molecule has 0 atom stereocenters. The van der Waals surface area contributed by atoms with Crippen LogP contribution in [0.5, 0.6) is 0 Å². The smallest absolute Gasteiger partial charge is 0.229 e. The van der Waals surface area contributed by atoms with Crippen molar-refractivity contribution in [2.75, 3.05) is 5.32 Å². The van der Waals surface area contributed by atoms with Crippen LogP contribution in [0.15, 0.2) is 54.4 Å². The first-order valence-electron chi connectivity index (χ1n) is 7.35. The molecule has 0 bridgehead atoms. The minimum atomic E-state index is -0.0482. The molecule has 0 saturated heterocycles. The number of hydrogen-bond donors (Lipinski definition) is 1. The highest BCUT2D eigenvalue weighted by atomic mass is 16.1. The number of allylic oxidation sites excluding steroid dienone is 3. The van der Waals surface area contributed by atoms with Crippen molar-refractivity contribution in [1.29, 1.82) is 0 Å². The number of nitrogens with zero attached hydrogens (tertiary/aromatic N) is 3. The van der Waals surface area contributed by atoms with Crippen LogP contribution in [0, 0.1) is 6.92 Å². The molecule has 1 amide bonds. The average molecular weight is 294 g/mol. The number of rotatable bonds is 4. The largest absolute Gasteiger partial charge is 0.310 e. The maximum absolute atomic E-state index is 12.0. The van der Waals surface area contributed by atoms with Crippen LogP contribution in [0.2, 0.25) is 0 Å². The molecule has 0 unspecified atom stereocenters. The van der Waals surface area contributed by atoms with Gasteiger partial charge in [0.2, 0.25) is 5.91 Å². The topological polar surface area (TPSA) is 59.8 Å². The maximum Gasteiger partial charge on any atom is 0.229 e. The summed E-state index contributed by atoms with van der Waals surface area (Å²) in [5.74, 6) is 0.506. The Labute approximate surface area is 129 Å². The summed E-state index contributed by atoms with van der Waals surface area (Å²) in [6.07, 6.45) is 12.3. The maximum atomic E-state index is 12.0. The second kappa shape index (κ2) is 6.39. The number of amides is 1. The van der Waals surface area contributed by atoms with Gasteiger partial charge < -0.3 is 5.32 Å². The standard InChI is InChI=1S/C17H18N4O/c1-13-9-10-21(20-13)15-7-8-16(18-12-15)19-17(22)11-14-5-3-2-4-6-14/h3,5-10,12H,2,4,11H2,1H3,(H,18,19,22). The monoisotopic (exact) mass is 294 g/mol. The Morgan fingerprint density at radius 1 is 1.32 bits per heavy atom. The number of pyridine rings is 1. The summed E-state index contributed by atoms with van der Waals surface area (Å²) in [5, 5.41) is 7.14. The first-order valence-corrected chi connectivity index (χ1v) is 7.35. The summed E-state index contributed by atoms with van der Waals surface area (Å²) >= 11 is 0. The molecule has 0 fully saturated rings. The summed E-state index contributed by atoms with van der Waals surface area (Å²) in [6.45, 7) is 1.94. The van der Waals surface area contributed by atoms with Crippen molar-refractivity contribution in [3.05, 3.63) is 60.1 Å². The fourth-order valence-corrected chi connectivity index (χ4v) is 2.33. The Hall–Kier alpha value is -2.69. The van der Waals surface area contributed by atoms with E-state index in [1.54, 1.807) is 16.9 Å². The fourth-order valence-electron chi connectivity index (χ4n) is 2.33. The zero-order valence-corrected chi connectivity index (χ0v) is 12.5. The Balaban J connectivity index is 1.62. The van der Waals surface area contributed by atoms with Gasteiger partial charge in [0.05, 0.1) is 24.0 Å². The van der Waals surface area contributed by atoms with E-state index in [1.807, 2.05) is 31.3 Å². The van der Waals surface area contributed by atoms with Crippen molar-refractivity contribution in [1.82, 2.24) is 14.8 Å². The molecule has 0 saturated carbocycles. The Morgan fingerprint density at radius 2 is 2.23 bits per heavy atom. The summed E-state index contributed by atoms with van der Waals surface area (Å²) in [4.78, 5) is 16.3. The third-order valence-corrected chi connectivity index (χ3v) is 3.44. The van der Waals surface area contributed by atoms with Gasteiger partial charge in [-0.15, -0.1) is 0 Å². The molecule has 22 heavy (non-hydrogen) atoms. The number of aromatic nitrogens is 3. The molecule has 0 aliphatic heterocycles. The molecule has 1 aliphatic carbocycles. The fraction of sp³-hybridized carbons (Fsp3) is 0.235. The number of carbonyl (C=O) groups excluding carboxylic acids is 1. The van der Waals surface area contributed by atoms with E-state index in [2.05, 4.69) is 27.6 Å². The minimum absolute atomic E-state index is 0.0482. The van der Waals surface area contributed by atoms with Gasteiger partial charge in [-0.1, -0.05) is 18.2 Å². The molecule has 2 heterocycles. The summed E-state index contributed by atoms with van der Waals surface area (Å²) in [7, 11) is 0. The molecular weight excluding hydrogens is 276 g/mol. The Bertz CT molecular complexity index is 725. The van der Waals surface area contributed by atoms with Crippen LogP contribution in [0.4, 0.5) is 5.82 Å². The number of hydrogen-bond acceptors (Lipinski definition) is 3. The van der Waals surface area contributed by atoms with Gasteiger partial charge in [-0.2, -0.15) is 5.10 Å². The summed E-state index contributed by atoms with van der Waals surface area (Å²) in [6, 6.07) is 5.60. The first-order chi connectivity index (χ1) is 10.7. The lowest BCUT2D eigenvalue weighted by Gasteiger charge is -2.08. The summed E-state index contributed by atoms with van der Waals surface area (Å²) < 4.78 is 1.76. The predicted octanol–water partition coefficient (Wildman–Crippen LogP) is 3.18. The van der Waals surface area contributed by atoms with Gasteiger partial charge in [-0.05, 0) is 43.5 Å². The molecule has 0 aromatic carbocycles. The van der Waals surface area contributed by atoms with Crippen molar-refractivity contribution >= 4 is 11.7 Å². The van der Waals surface area contributed by atoms with Crippen LogP contribution in [0.3, 0.4) is 0 Å². The van der Waals surface area contributed by atoms with Crippen LogP contribution in [0.1, 0.15) is 25.0 Å². The average Bonchev–Trinajstić information content (AvgIpc) is 2.95. The minimum Gasteiger partial charge on any atom is -0.310 e. The quantitative estimate of drug-likeness (QED) is 0.942. The summed E-state index contributed by atoms with van der Waals surface area (Å²) in [5.41, 5.74) is 2.88. The number of carbonyl (C=O) groups is 1. The third-order valence-electron chi connectivity index (χ3n) is 3.44. The first kappa shape index (κ1) is 14.3. The van der Waals surface area contributed by atoms with Crippen LogP contribution in [0.25, 0.3) is 5.69 Å². The number of nitrogens with one attached hydrogen (secondary N) is 1. The Kier molecular flexibility index (Phi) is 4.14. The lowest BCUT2D eigenvalue weighted by atomic mass is 10.0. The van der Waals surface area contributed by atoms with Gasteiger partial charge in [-0.3, -0.25) is 4.79 Å². The van der Waals surface area contributed by atoms with Crippen LogP contribution >= 0.6 is 0 Å². The van der Waals surface area contributed by atoms with Gasteiger partial charge >= 0.3 is 0 Å². The van der Waals surface area contributed by atoms with Gasteiger partial charge in [0.1, 0.15) is 5.82 Å². The van der Waals surface area contributed by atoms with Crippen molar-refractivity contribution < 1.29 is 4.79 Å². The molecule has 2 aromatic rings. The molecular formula is C17H18N4O. The van der Waals surface area contributed by atoms with Crippen molar-refractivity contribution in [2.45, 2.75) is 26.2 Å². The van der Waals surface area contributed by atoms with E-state index in [9.17, 15) is 4.79 Å². The molecule has 2 aromatic heterocycles. The second-order valence-electron chi connectivity index (χ2n) is 5.29. The predicted molar refractivity (Wildman–Crippen MR) is 85.8 cm³/mol. The molecule has 0 spiro atoms. The van der Waals surface area contributed by atoms with Gasteiger partial charge in [0.15, 0.2) is 0 Å². The van der Waals surface area contributed by atoms with Crippen LogP contribution < -0.4 is 5.32 Å². The van der Waals surface area contributed by atoms with E-state index >= 15 is 0 Å². The normalized spacial score (nSPS) is 13.8. The molecule has 0 radical (unpaired) electrons. The zero-order chi connectivity index (χ0) is 15.4. The second-order valence-corrected chi connectivity index (χ2v) is 5.29. The number of aryl methyl sites for hydroxylation is 1. The van der Waals surface area contributed by atoms with E-state index in [1.165, 1.54) is 0 Å². The molecule has 5 nitrogen and oxygen atoms in total. The zero-order valence-electron chi connectivity index (χ0n) is 12.5. The Morgan fingerprint density at radius 3 is 2.86 bits per heavy atom. The lowest BCUT2D eigenvalue weighted by Crippen LogP contribution is -2.13. The van der Waals surface area contributed by atoms with E-state index < -0.39 is 0 Å². The van der Waals surface area contributed by atoms with Crippen molar-refractivity contribution in [3.8, 4) is 5.69 Å². The van der Waals surface area contributed by atoms with E-state index in [-0.39, 0.29) is 5.91 Å². The van der Waals surface area contributed by atoms with Gasteiger partial charge in [0.25, 0.3) is 0 Å². The molecule has 1 aliphatic rings. The van der Waals surface area contributed by atoms with Gasteiger partial charge in [0, 0.05) is 6.20 Å². The molecule has 3 rings (SSSR count). The highest BCUT2D eigenvalue weighted by molar-refractivity contribution is 5.91. The SMILES string of the molecule is Cc1ccn(-c2ccc(NC(=O)CC3=CCCC=C3)nc2)n1. The third kappa shape index (κ3) is 3.49. The highest BCUT2D eigenvalue weighted by Gasteiger charge is 2.07. The van der Waals surface area contributed by atoms with Crippen LogP contribution in [-0.2, 0) is 4.79 Å². The highest BCUT2D eigenvalue weighted by Crippen LogP contribution is 2.15. The van der Waals surface area contributed by atoms with E-state index in [0.29, 0.717) is 12.2 Å². The van der Waals surface area contributed by atoms with Crippen LogP contribution in [-0.4, -0.2) is 20.7 Å². The number of anilines is 1. The van der Waals surface area contributed by atoms with Crippen molar-refractivity contribution in [3.63, 3.8) is 0 Å². The van der Waals surface area contributed by atoms with Crippen molar-refractivity contribution in [2.24, 2.45) is 0 Å². The molecule has 1 N–H and O–H groups in total. The molecule has 5 heteroatoms. The van der Waals surface area contributed by atoms with Gasteiger partial charge in [-0.25, -0.2) is 9.67 Å².